The first-order valence-electron chi connectivity index (χ1n) is 10.6. The van der Waals surface area contributed by atoms with Crippen LogP contribution in [0.25, 0.3) is 0 Å². The highest BCUT2D eigenvalue weighted by Crippen LogP contribution is 2.36. The Balaban J connectivity index is 1.40. The maximum absolute atomic E-state index is 13.5. The summed E-state index contributed by atoms with van der Waals surface area (Å²) in [7, 11) is 0. The Morgan fingerprint density at radius 1 is 0.909 bits per heavy atom. The van der Waals surface area contributed by atoms with Gasteiger partial charge in [0.05, 0.1) is 16.9 Å². The van der Waals surface area contributed by atoms with Crippen LogP contribution in [-0.4, -0.2) is 23.4 Å². The summed E-state index contributed by atoms with van der Waals surface area (Å²) < 4.78 is 5.89. The zero-order chi connectivity index (χ0) is 22.6. The first-order chi connectivity index (χ1) is 16.2. The van der Waals surface area contributed by atoms with Gasteiger partial charge in [0.1, 0.15) is 5.75 Å². The molecule has 33 heavy (non-hydrogen) atoms. The number of ether oxygens (including phenoxy) is 1. The molecular weight excluding hydrogens is 434 g/mol. The molecule has 164 valence electrons. The standard InChI is InChI=1S/C26H21N3O3S/c30-24(17-32-23-12-6-3-9-20(23)25(31)28-26-27-15-16-33-26)29-21-10-4-1-7-18(21)13-14-19-8-2-5-11-22(19)29/h1-12,15-16H,13-14,17H2,(H,27,28,31). The maximum atomic E-state index is 13.5. The minimum atomic E-state index is -0.335. The quantitative estimate of drug-likeness (QED) is 0.447. The second kappa shape index (κ2) is 9.26. The van der Waals surface area contributed by atoms with Crippen LogP contribution in [0.3, 0.4) is 0 Å². The largest absolute Gasteiger partial charge is 0.483 e. The van der Waals surface area contributed by atoms with Crippen LogP contribution in [-0.2, 0) is 17.6 Å². The lowest BCUT2D eigenvalue weighted by atomic mass is 10.0. The molecule has 1 aromatic heterocycles. The number of thiazole rings is 1. The van der Waals surface area contributed by atoms with E-state index in [1.807, 2.05) is 36.4 Å². The molecule has 1 aliphatic heterocycles. The number of aromatic nitrogens is 1. The van der Waals surface area contributed by atoms with Gasteiger partial charge in [0, 0.05) is 11.6 Å². The molecule has 3 aromatic carbocycles. The maximum Gasteiger partial charge on any atom is 0.269 e. The summed E-state index contributed by atoms with van der Waals surface area (Å²) in [4.78, 5) is 32.0. The zero-order valence-corrected chi connectivity index (χ0v) is 18.5. The van der Waals surface area contributed by atoms with Crippen LogP contribution in [0.5, 0.6) is 5.75 Å². The summed E-state index contributed by atoms with van der Waals surface area (Å²) in [6.07, 6.45) is 3.34. The Morgan fingerprint density at radius 2 is 1.55 bits per heavy atom. The molecule has 0 fully saturated rings. The molecule has 0 spiro atoms. The number of nitrogens with zero attached hydrogens (tertiary/aromatic N) is 2. The minimum Gasteiger partial charge on any atom is -0.483 e. The van der Waals surface area contributed by atoms with E-state index in [1.54, 1.807) is 40.7 Å². The van der Waals surface area contributed by atoms with E-state index < -0.39 is 0 Å². The lowest BCUT2D eigenvalue weighted by molar-refractivity contribution is -0.119. The lowest BCUT2D eigenvalue weighted by Crippen LogP contribution is -2.32. The topological polar surface area (TPSA) is 71.5 Å². The number of nitrogens with one attached hydrogen (secondary N) is 1. The molecule has 5 rings (SSSR count). The number of amides is 2. The Bertz CT molecular complexity index is 1260. The van der Waals surface area contributed by atoms with Crippen LogP contribution in [0, 0.1) is 0 Å². The van der Waals surface area contributed by atoms with Gasteiger partial charge in [-0.3, -0.25) is 19.8 Å². The third kappa shape index (κ3) is 4.36. The number of anilines is 3. The Kier molecular flexibility index (Phi) is 5.87. The summed E-state index contributed by atoms with van der Waals surface area (Å²) in [6, 6.07) is 22.8. The third-order valence-electron chi connectivity index (χ3n) is 5.51. The number of hydrogen-bond donors (Lipinski definition) is 1. The number of carbonyl (C=O) groups is 2. The minimum absolute atomic E-state index is 0.202. The van der Waals surface area contributed by atoms with Crippen molar-refractivity contribution in [1.29, 1.82) is 0 Å². The smallest absolute Gasteiger partial charge is 0.269 e. The van der Waals surface area contributed by atoms with Gasteiger partial charge in [-0.05, 0) is 48.2 Å². The summed E-state index contributed by atoms with van der Waals surface area (Å²) in [5, 5.41) is 5.05. The van der Waals surface area contributed by atoms with Crippen molar-refractivity contribution in [2.75, 3.05) is 16.8 Å². The van der Waals surface area contributed by atoms with Crippen LogP contribution < -0.4 is 15.0 Å². The molecule has 0 atom stereocenters. The molecular formula is C26H21N3O3S. The molecule has 2 amide bonds. The highest BCUT2D eigenvalue weighted by Gasteiger charge is 2.26. The average Bonchev–Trinajstić information content (AvgIpc) is 3.29. The molecule has 0 saturated heterocycles. The molecule has 0 bridgehead atoms. The van der Waals surface area contributed by atoms with Crippen LogP contribution in [0.4, 0.5) is 16.5 Å². The number of rotatable bonds is 5. The van der Waals surface area contributed by atoms with Crippen LogP contribution >= 0.6 is 11.3 Å². The zero-order valence-electron chi connectivity index (χ0n) is 17.7. The van der Waals surface area contributed by atoms with Gasteiger partial charge >= 0.3 is 0 Å². The number of aryl methyl sites for hydroxylation is 2. The highest BCUT2D eigenvalue weighted by molar-refractivity contribution is 7.13. The van der Waals surface area contributed by atoms with Crippen molar-refractivity contribution in [2.45, 2.75) is 12.8 Å². The van der Waals surface area contributed by atoms with Crippen LogP contribution in [0.15, 0.2) is 84.4 Å². The van der Waals surface area contributed by atoms with Gasteiger partial charge in [0.25, 0.3) is 11.8 Å². The van der Waals surface area contributed by atoms with Crippen molar-refractivity contribution >= 4 is 39.7 Å². The van der Waals surface area contributed by atoms with Crippen molar-refractivity contribution in [3.8, 4) is 5.75 Å². The molecule has 1 aliphatic rings. The van der Waals surface area contributed by atoms with Crippen molar-refractivity contribution in [1.82, 2.24) is 4.98 Å². The fourth-order valence-electron chi connectivity index (χ4n) is 3.98. The average molecular weight is 456 g/mol. The van der Waals surface area contributed by atoms with Crippen LogP contribution in [0.1, 0.15) is 21.5 Å². The monoisotopic (exact) mass is 455 g/mol. The second-order valence-electron chi connectivity index (χ2n) is 7.56. The fraction of sp³-hybridized carbons (Fsp3) is 0.115. The highest BCUT2D eigenvalue weighted by atomic mass is 32.1. The number of benzene rings is 3. The summed E-state index contributed by atoms with van der Waals surface area (Å²) in [6.45, 7) is -0.204. The van der Waals surface area contributed by atoms with E-state index in [9.17, 15) is 9.59 Å². The predicted molar refractivity (Wildman–Crippen MR) is 129 cm³/mol. The number of fused-ring (bicyclic) bond motifs is 2. The van der Waals surface area contributed by atoms with E-state index >= 15 is 0 Å². The lowest BCUT2D eigenvalue weighted by Gasteiger charge is -2.25. The van der Waals surface area contributed by atoms with Gasteiger partial charge in [-0.1, -0.05) is 48.5 Å². The molecule has 2 heterocycles. The van der Waals surface area contributed by atoms with E-state index in [4.69, 9.17) is 4.74 Å². The molecule has 6 nitrogen and oxygen atoms in total. The summed E-state index contributed by atoms with van der Waals surface area (Å²) in [5.41, 5.74) is 4.31. The Hall–Kier alpha value is -3.97. The number of carbonyl (C=O) groups excluding carboxylic acids is 2. The molecule has 0 radical (unpaired) electrons. The van der Waals surface area contributed by atoms with E-state index in [0.717, 1.165) is 35.3 Å². The fourth-order valence-corrected chi connectivity index (χ4v) is 4.51. The second-order valence-corrected chi connectivity index (χ2v) is 8.46. The van der Waals surface area contributed by atoms with Gasteiger partial charge in [-0.25, -0.2) is 4.98 Å². The van der Waals surface area contributed by atoms with E-state index in [1.165, 1.54) is 11.3 Å². The van der Waals surface area contributed by atoms with E-state index in [-0.39, 0.29) is 18.4 Å². The SMILES string of the molecule is O=C(Nc1nccs1)c1ccccc1OCC(=O)N1c2ccccc2CCc2ccccc21. The normalized spacial score (nSPS) is 12.3. The van der Waals surface area contributed by atoms with Crippen molar-refractivity contribution in [3.05, 3.63) is 101 Å². The number of para-hydroxylation sites is 3. The van der Waals surface area contributed by atoms with Gasteiger partial charge in [0.15, 0.2) is 11.7 Å². The van der Waals surface area contributed by atoms with Gasteiger partial charge in [-0.15, -0.1) is 11.3 Å². The summed E-state index contributed by atoms with van der Waals surface area (Å²) in [5.74, 6) is -0.193. The van der Waals surface area contributed by atoms with E-state index in [2.05, 4.69) is 22.4 Å². The Labute approximate surface area is 195 Å². The number of hydrogen-bond acceptors (Lipinski definition) is 5. The molecule has 0 saturated carbocycles. The predicted octanol–water partition coefficient (Wildman–Crippen LogP) is 5.24. The molecule has 7 heteroatoms. The third-order valence-corrected chi connectivity index (χ3v) is 6.20. The van der Waals surface area contributed by atoms with E-state index in [0.29, 0.717) is 16.4 Å². The summed E-state index contributed by atoms with van der Waals surface area (Å²) >= 11 is 1.33. The van der Waals surface area contributed by atoms with Gasteiger partial charge in [0.2, 0.25) is 0 Å². The van der Waals surface area contributed by atoms with Crippen molar-refractivity contribution < 1.29 is 14.3 Å². The van der Waals surface area contributed by atoms with Crippen molar-refractivity contribution in [3.63, 3.8) is 0 Å². The Morgan fingerprint density at radius 3 is 2.21 bits per heavy atom. The molecule has 4 aromatic rings. The molecule has 0 unspecified atom stereocenters. The molecule has 0 aliphatic carbocycles. The van der Waals surface area contributed by atoms with Crippen molar-refractivity contribution in [2.24, 2.45) is 0 Å². The van der Waals surface area contributed by atoms with Crippen LogP contribution in [0.2, 0.25) is 0 Å². The van der Waals surface area contributed by atoms with Gasteiger partial charge < -0.3 is 4.74 Å². The molecule has 1 N–H and O–H groups in total. The first-order valence-corrected chi connectivity index (χ1v) is 11.5. The first kappa shape index (κ1) is 20.9. The van der Waals surface area contributed by atoms with Gasteiger partial charge in [-0.2, -0.15) is 0 Å².